The van der Waals surface area contributed by atoms with Gasteiger partial charge in [-0.15, -0.1) is 0 Å². The number of halogens is 1. The van der Waals surface area contributed by atoms with Gasteiger partial charge in [-0.3, -0.25) is 0 Å². The van der Waals surface area contributed by atoms with Crippen molar-refractivity contribution in [1.82, 2.24) is 4.90 Å². The van der Waals surface area contributed by atoms with E-state index in [1.165, 1.54) is 11.3 Å². The highest BCUT2D eigenvalue weighted by molar-refractivity contribution is 9.10. The number of hydrogen-bond donors (Lipinski definition) is 1. The molecule has 0 aliphatic carbocycles. The Morgan fingerprint density at radius 3 is 2.47 bits per heavy atom. The molecule has 2 rings (SSSR count). The SMILES string of the molecule is CCN1CCN(c2ccc(CN)cc2Br)CC1. The molecule has 0 aromatic heterocycles. The average molecular weight is 298 g/mol. The second kappa shape index (κ2) is 5.85. The van der Waals surface area contributed by atoms with E-state index in [9.17, 15) is 0 Å². The van der Waals surface area contributed by atoms with Gasteiger partial charge in [0.15, 0.2) is 0 Å². The Hall–Kier alpha value is -0.580. The summed E-state index contributed by atoms with van der Waals surface area (Å²) in [7, 11) is 0. The van der Waals surface area contributed by atoms with Gasteiger partial charge < -0.3 is 15.5 Å². The monoisotopic (exact) mass is 297 g/mol. The average Bonchev–Trinajstić information content (AvgIpc) is 2.39. The predicted molar refractivity (Wildman–Crippen MR) is 76.4 cm³/mol. The number of nitrogens with zero attached hydrogens (tertiary/aromatic N) is 2. The molecule has 1 aromatic rings. The third kappa shape index (κ3) is 3.00. The number of likely N-dealkylation sites (N-methyl/N-ethyl adjacent to an activating group) is 1. The Balaban J connectivity index is 2.08. The fourth-order valence-electron chi connectivity index (χ4n) is 2.24. The first-order chi connectivity index (χ1) is 8.24. The first-order valence-electron chi connectivity index (χ1n) is 6.20. The van der Waals surface area contributed by atoms with Gasteiger partial charge in [-0.1, -0.05) is 13.0 Å². The summed E-state index contributed by atoms with van der Waals surface area (Å²) in [6.45, 7) is 8.50. The molecule has 1 saturated heterocycles. The lowest BCUT2D eigenvalue weighted by molar-refractivity contribution is 0.271. The van der Waals surface area contributed by atoms with E-state index in [2.05, 4.69) is 50.9 Å². The van der Waals surface area contributed by atoms with Gasteiger partial charge in [-0.25, -0.2) is 0 Å². The zero-order chi connectivity index (χ0) is 12.3. The minimum absolute atomic E-state index is 0.600. The van der Waals surface area contributed by atoms with Crippen molar-refractivity contribution >= 4 is 21.6 Å². The maximum Gasteiger partial charge on any atom is 0.0511 e. The maximum absolute atomic E-state index is 5.64. The first kappa shape index (κ1) is 12.9. The molecule has 94 valence electrons. The van der Waals surface area contributed by atoms with Gasteiger partial charge in [-0.05, 0) is 40.2 Å². The zero-order valence-electron chi connectivity index (χ0n) is 10.3. The molecule has 1 aliphatic rings. The Morgan fingerprint density at radius 1 is 1.24 bits per heavy atom. The van der Waals surface area contributed by atoms with Gasteiger partial charge >= 0.3 is 0 Å². The molecule has 0 saturated carbocycles. The highest BCUT2D eigenvalue weighted by Crippen LogP contribution is 2.28. The lowest BCUT2D eigenvalue weighted by Gasteiger charge is -2.36. The maximum atomic E-state index is 5.64. The van der Waals surface area contributed by atoms with Gasteiger partial charge in [0.05, 0.1) is 5.69 Å². The van der Waals surface area contributed by atoms with Crippen LogP contribution >= 0.6 is 15.9 Å². The van der Waals surface area contributed by atoms with E-state index in [4.69, 9.17) is 5.73 Å². The third-order valence-corrected chi connectivity index (χ3v) is 4.04. The van der Waals surface area contributed by atoms with Crippen LogP contribution in [0, 0.1) is 0 Å². The van der Waals surface area contributed by atoms with E-state index < -0.39 is 0 Å². The lowest BCUT2D eigenvalue weighted by Crippen LogP contribution is -2.46. The molecular weight excluding hydrogens is 278 g/mol. The molecule has 0 spiro atoms. The van der Waals surface area contributed by atoms with Gasteiger partial charge in [0, 0.05) is 37.2 Å². The normalized spacial score (nSPS) is 17.5. The van der Waals surface area contributed by atoms with Crippen molar-refractivity contribution in [1.29, 1.82) is 0 Å². The molecule has 4 heteroatoms. The summed E-state index contributed by atoms with van der Waals surface area (Å²) in [5.41, 5.74) is 8.11. The van der Waals surface area contributed by atoms with Crippen LogP contribution in [0.1, 0.15) is 12.5 Å². The Labute approximate surface area is 112 Å². The molecule has 1 fully saturated rings. The lowest BCUT2D eigenvalue weighted by atomic mass is 10.2. The number of anilines is 1. The fraction of sp³-hybridized carbons (Fsp3) is 0.538. The summed E-state index contributed by atoms with van der Waals surface area (Å²) in [5.74, 6) is 0. The van der Waals surface area contributed by atoms with Crippen molar-refractivity contribution in [3.8, 4) is 0 Å². The van der Waals surface area contributed by atoms with Gasteiger partial charge in [0.25, 0.3) is 0 Å². The van der Waals surface area contributed by atoms with Crippen molar-refractivity contribution < 1.29 is 0 Å². The fourth-order valence-corrected chi connectivity index (χ4v) is 2.92. The van der Waals surface area contributed by atoms with Crippen molar-refractivity contribution in [3.05, 3.63) is 28.2 Å². The van der Waals surface area contributed by atoms with Crippen LogP contribution in [0.25, 0.3) is 0 Å². The molecule has 0 radical (unpaired) electrons. The van der Waals surface area contributed by atoms with Crippen LogP contribution in [0.5, 0.6) is 0 Å². The molecule has 1 heterocycles. The second-order valence-electron chi connectivity index (χ2n) is 4.41. The Kier molecular flexibility index (Phi) is 4.42. The van der Waals surface area contributed by atoms with E-state index in [0.717, 1.165) is 37.2 Å². The molecule has 3 nitrogen and oxygen atoms in total. The van der Waals surface area contributed by atoms with Crippen molar-refractivity contribution in [2.75, 3.05) is 37.6 Å². The molecule has 1 aromatic carbocycles. The number of piperazine rings is 1. The summed E-state index contributed by atoms with van der Waals surface area (Å²) in [4.78, 5) is 4.93. The van der Waals surface area contributed by atoms with Crippen LogP contribution in [-0.2, 0) is 6.54 Å². The van der Waals surface area contributed by atoms with E-state index in [-0.39, 0.29) is 0 Å². The Bertz CT molecular complexity index is 373. The highest BCUT2D eigenvalue weighted by atomic mass is 79.9. The van der Waals surface area contributed by atoms with Gasteiger partial charge in [-0.2, -0.15) is 0 Å². The van der Waals surface area contributed by atoms with Crippen molar-refractivity contribution in [3.63, 3.8) is 0 Å². The van der Waals surface area contributed by atoms with Gasteiger partial charge in [0.2, 0.25) is 0 Å². The molecular formula is C13H20BrN3. The quantitative estimate of drug-likeness (QED) is 0.927. The molecule has 1 aliphatic heterocycles. The second-order valence-corrected chi connectivity index (χ2v) is 5.27. The highest BCUT2D eigenvalue weighted by Gasteiger charge is 2.17. The largest absolute Gasteiger partial charge is 0.368 e. The summed E-state index contributed by atoms with van der Waals surface area (Å²) >= 11 is 3.64. The van der Waals surface area contributed by atoms with Gasteiger partial charge in [0.1, 0.15) is 0 Å². The van der Waals surface area contributed by atoms with E-state index in [1.807, 2.05) is 0 Å². The summed E-state index contributed by atoms with van der Waals surface area (Å²) in [6.07, 6.45) is 0. The molecule has 0 amide bonds. The van der Waals surface area contributed by atoms with E-state index >= 15 is 0 Å². The van der Waals surface area contributed by atoms with Crippen LogP contribution in [0.4, 0.5) is 5.69 Å². The minimum atomic E-state index is 0.600. The van der Waals surface area contributed by atoms with E-state index in [0.29, 0.717) is 6.54 Å². The van der Waals surface area contributed by atoms with Crippen molar-refractivity contribution in [2.24, 2.45) is 5.73 Å². The summed E-state index contributed by atoms with van der Waals surface area (Å²) in [5, 5.41) is 0. The minimum Gasteiger partial charge on any atom is -0.368 e. The van der Waals surface area contributed by atoms with Crippen molar-refractivity contribution in [2.45, 2.75) is 13.5 Å². The molecule has 0 bridgehead atoms. The van der Waals surface area contributed by atoms with E-state index in [1.54, 1.807) is 0 Å². The molecule has 2 N–H and O–H groups in total. The molecule has 0 atom stereocenters. The number of benzene rings is 1. The van der Waals surface area contributed by atoms with Crippen LogP contribution in [0.2, 0.25) is 0 Å². The number of hydrogen-bond acceptors (Lipinski definition) is 3. The third-order valence-electron chi connectivity index (χ3n) is 3.41. The zero-order valence-corrected chi connectivity index (χ0v) is 11.9. The topological polar surface area (TPSA) is 32.5 Å². The Morgan fingerprint density at radius 2 is 1.94 bits per heavy atom. The summed E-state index contributed by atoms with van der Waals surface area (Å²) < 4.78 is 1.16. The standard InChI is InChI=1S/C13H20BrN3/c1-2-16-5-7-17(8-6-16)13-4-3-11(10-15)9-12(13)14/h3-4,9H,2,5-8,10,15H2,1H3. The van der Waals surface area contributed by atoms with Crippen LogP contribution < -0.4 is 10.6 Å². The predicted octanol–water partition coefficient (Wildman–Crippen LogP) is 2.05. The summed E-state index contributed by atoms with van der Waals surface area (Å²) in [6, 6.07) is 6.42. The van der Waals surface area contributed by atoms with Crippen LogP contribution in [-0.4, -0.2) is 37.6 Å². The molecule has 0 unspecified atom stereocenters. The van der Waals surface area contributed by atoms with Crippen LogP contribution in [0.15, 0.2) is 22.7 Å². The number of nitrogens with two attached hydrogens (primary N) is 1. The van der Waals surface area contributed by atoms with Crippen LogP contribution in [0.3, 0.4) is 0 Å². The molecule has 17 heavy (non-hydrogen) atoms. The number of rotatable bonds is 3. The first-order valence-corrected chi connectivity index (χ1v) is 6.99. The smallest absolute Gasteiger partial charge is 0.0511 e.